The third kappa shape index (κ3) is 7.98. The molecule has 116 valence electrons. The summed E-state index contributed by atoms with van der Waals surface area (Å²) in [5.74, 6) is 1.46. The lowest BCUT2D eigenvalue weighted by atomic mass is 9.92. The van der Waals surface area contributed by atoms with E-state index in [0.29, 0.717) is 0 Å². The highest BCUT2D eigenvalue weighted by Crippen LogP contribution is 2.20. The second-order valence-electron chi connectivity index (χ2n) is 5.86. The Morgan fingerprint density at radius 2 is 1.74 bits per heavy atom. The van der Waals surface area contributed by atoms with Crippen molar-refractivity contribution in [2.45, 2.75) is 46.2 Å². The van der Waals surface area contributed by atoms with Gasteiger partial charge in [0, 0.05) is 25.7 Å². The van der Waals surface area contributed by atoms with E-state index in [9.17, 15) is 4.79 Å². The zero-order chi connectivity index (χ0) is 13.0. The van der Waals surface area contributed by atoms with Gasteiger partial charge in [-0.1, -0.05) is 13.8 Å². The fraction of sp³-hybridized carbons (Fsp3) is 0.923. The van der Waals surface area contributed by atoms with Crippen LogP contribution in [0.2, 0.25) is 0 Å². The number of hydrogen-bond acceptors (Lipinski definition) is 3. The third-order valence-electron chi connectivity index (χ3n) is 3.28. The van der Waals surface area contributed by atoms with Crippen molar-refractivity contribution >= 4 is 30.7 Å². The molecular weight excluding hydrogens is 285 g/mol. The summed E-state index contributed by atoms with van der Waals surface area (Å²) in [7, 11) is 0. The van der Waals surface area contributed by atoms with Crippen LogP contribution in [-0.2, 0) is 4.79 Å². The van der Waals surface area contributed by atoms with E-state index in [1.165, 1.54) is 6.42 Å². The summed E-state index contributed by atoms with van der Waals surface area (Å²) in [5, 5.41) is 2.95. The van der Waals surface area contributed by atoms with Crippen LogP contribution < -0.4 is 11.1 Å². The van der Waals surface area contributed by atoms with Gasteiger partial charge in [0.15, 0.2) is 0 Å². The average molecular weight is 314 g/mol. The van der Waals surface area contributed by atoms with Crippen LogP contribution >= 0.6 is 24.8 Å². The molecule has 0 radical (unpaired) electrons. The van der Waals surface area contributed by atoms with E-state index in [1.807, 2.05) is 6.92 Å². The SMILES string of the molecule is CC1CC(C)CN(CC(C)NC(=O)[C@@H](C)N)C1.Cl.Cl. The number of rotatable bonds is 4. The molecular formula is C13H29Cl2N3O. The van der Waals surface area contributed by atoms with Gasteiger partial charge in [0.05, 0.1) is 6.04 Å². The van der Waals surface area contributed by atoms with Gasteiger partial charge in [-0.2, -0.15) is 0 Å². The van der Waals surface area contributed by atoms with Crippen molar-refractivity contribution in [1.82, 2.24) is 10.2 Å². The minimum Gasteiger partial charge on any atom is -0.351 e. The van der Waals surface area contributed by atoms with Crippen molar-refractivity contribution in [2.24, 2.45) is 17.6 Å². The molecule has 0 aromatic rings. The van der Waals surface area contributed by atoms with E-state index in [2.05, 4.69) is 24.1 Å². The molecule has 0 saturated carbocycles. The first-order valence-corrected chi connectivity index (χ1v) is 6.66. The Balaban J connectivity index is 0. The molecule has 1 rings (SSSR count). The van der Waals surface area contributed by atoms with Crippen molar-refractivity contribution in [3.05, 3.63) is 0 Å². The highest BCUT2D eigenvalue weighted by molar-refractivity contribution is 5.85. The lowest BCUT2D eigenvalue weighted by molar-refractivity contribution is -0.122. The van der Waals surface area contributed by atoms with Gasteiger partial charge in [-0.15, -0.1) is 24.8 Å². The predicted octanol–water partition coefficient (Wildman–Crippen LogP) is 1.66. The lowest BCUT2D eigenvalue weighted by Gasteiger charge is -2.36. The number of carbonyl (C=O) groups is 1. The zero-order valence-corrected chi connectivity index (χ0v) is 14.0. The Morgan fingerprint density at radius 1 is 1.26 bits per heavy atom. The van der Waals surface area contributed by atoms with E-state index >= 15 is 0 Å². The van der Waals surface area contributed by atoms with Gasteiger partial charge < -0.3 is 16.0 Å². The van der Waals surface area contributed by atoms with Gasteiger partial charge in [0.2, 0.25) is 5.91 Å². The molecule has 4 atom stereocenters. The monoisotopic (exact) mass is 313 g/mol. The fourth-order valence-electron chi connectivity index (χ4n) is 2.75. The molecule has 0 aliphatic carbocycles. The van der Waals surface area contributed by atoms with Crippen molar-refractivity contribution in [2.75, 3.05) is 19.6 Å². The maximum absolute atomic E-state index is 11.5. The molecule has 1 aliphatic rings. The minimum atomic E-state index is -0.420. The normalized spacial score (nSPS) is 26.6. The molecule has 0 aromatic heterocycles. The largest absolute Gasteiger partial charge is 0.351 e. The Bertz CT molecular complexity index is 254. The summed E-state index contributed by atoms with van der Waals surface area (Å²) in [6.45, 7) is 11.6. The zero-order valence-electron chi connectivity index (χ0n) is 12.4. The molecule has 0 aromatic carbocycles. The number of likely N-dealkylation sites (tertiary alicyclic amines) is 1. The predicted molar refractivity (Wildman–Crippen MR) is 85.1 cm³/mol. The Hall–Kier alpha value is -0.0300. The number of nitrogens with two attached hydrogens (primary N) is 1. The Kier molecular flexibility index (Phi) is 11.0. The Morgan fingerprint density at radius 3 is 2.16 bits per heavy atom. The molecule has 1 heterocycles. The van der Waals surface area contributed by atoms with Gasteiger partial charge in [0.25, 0.3) is 0 Å². The van der Waals surface area contributed by atoms with Crippen LogP contribution in [0.1, 0.15) is 34.1 Å². The van der Waals surface area contributed by atoms with Crippen LogP contribution in [0.15, 0.2) is 0 Å². The molecule has 1 amide bonds. The number of nitrogens with one attached hydrogen (secondary N) is 1. The van der Waals surface area contributed by atoms with E-state index < -0.39 is 6.04 Å². The van der Waals surface area contributed by atoms with E-state index in [4.69, 9.17) is 5.73 Å². The standard InChI is InChI=1S/C13H27N3O.2ClH/c1-9-5-10(2)7-16(6-9)8-11(3)15-13(17)12(4)14;;/h9-12H,5-8,14H2,1-4H3,(H,15,17);2*1H/t9?,10?,11?,12-;;/m1../s1. The first kappa shape index (κ1) is 21.3. The number of nitrogens with zero attached hydrogens (tertiary/aromatic N) is 1. The average Bonchev–Trinajstić information content (AvgIpc) is 2.14. The number of halogens is 2. The fourth-order valence-corrected chi connectivity index (χ4v) is 2.75. The molecule has 1 saturated heterocycles. The van der Waals surface area contributed by atoms with Crippen molar-refractivity contribution in [3.63, 3.8) is 0 Å². The van der Waals surface area contributed by atoms with Crippen LogP contribution in [0.3, 0.4) is 0 Å². The van der Waals surface area contributed by atoms with Crippen LogP contribution in [-0.4, -0.2) is 42.5 Å². The number of hydrogen-bond donors (Lipinski definition) is 2. The van der Waals surface area contributed by atoms with E-state index in [1.54, 1.807) is 6.92 Å². The smallest absolute Gasteiger partial charge is 0.236 e. The van der Waals surface area contributed by atoms with Gasteiger partial charge >= 0.3 is 0 Å². The quantitative estimate of drug-likeness (QED) is 0.830. The summed E-state index contributed by atoms with van der Waals surface area (Å²) in [5.41, 5.74) is 5.54. The molecule has 1 fully saturated rings. The molecule has 4 nitrogen and oxygen atoms in total. The molecule has 19 heavy (non-hydrogen) atoms. The second kappa shape index (κ2) is 9.81. The number of piperidine rings is 1. The topological polar surface area (TPSA) is 58.4 Å². The first-order chi connectivity index (χ1) is 7.88. The maximum Gasteiger partial charge on any atom is 0.236 e. The number of amides is 1. The van der Waals surface area contributed by atoms with Gasteiger partial charge in [-0.05, 0) is 32.1 Å². The molecule has 3 unspecified atom stereocenters. The summed E-state index contributed by atoms with van der Waals surface area (Å²) in [6.07, 6.45) is 1.32. The van der Waals surface area contributed by atoms with E-state index in [-0.39, 0.29) is 36.8 Å². The van der Waals surface area contributed by atoms with Gasteiger partial charge in [-0.3, -0.25) is 4.79 Å². The van der Waals surface area contributed by atoms with Crippen LogP contribution in [0.25, 0.3) is 0 Å². The van der Waals surface area contributed by atoms with E-state index in [0.717, 1.165) is 31.5 Å². The van der Waals surface area contributed by atoms with Crippen LogP contribution in [0.5, 0.6) is 0 Å². The molecule has 1 aliphatic heterocycles. The summed E-state index contributed by atoms with van der Waals surface area (Å²) < 4.78 is 0. The maximum atomic E-state index is 11.5. The molecule has 6 heteroatoms. The minimum absolute atomic E-state index is 0. The van der Waals surface area contributed by atoms with Gasteiger partial charge in [-0.25, -0.2) is 0 Å². The number of carbonyl (C=O) groups excluding carboxylic acids is 1. The van der Waals surface area contributed by atoms with Crippen LogP contribution in [0, 0.1) is 11.8 Å². The third-order valence-corrected chi connectivity index (χ3v) is 3.28. The van der Waals surface area contributed by atoms with Crippen LogP contribution in [0.4, 0.5) is 0 Å². The van der Waals surface area contributed by atoms with Crippen molar-refractivity contribution in [1.29, 1.82) is 0 Å². The molecule has 3 N–H and O–H groups in total. The highest BCUT2D eigenvalue weighted by Gasteiger charge is 2.23. The van der Waals surface area contributed by atoms with Gasteiger partial charge in [0.1, 0.15) is 0 Å². The molecule has 0 bridgehead atoms. The summed E-state index contributed by atoms with van der Waals surface area (Å²) in [4.78, 5) is 13.9. The lowest BCUT2D eigenvalue weighted by Crippen LogP contribution is -2.49. The second-order valence-corrected chi connectivity index (χ2v) is 5.86. The Labute approximate surface area is 129 Å². The molecule has 0 spiro atoms. The summed E-state index contributed by atoms with van der Waals surface area (Å²) in [6, 6.07) is -0.248. The highest BCUT2D eigenvalue weighted by atomic mass is 35.5. The van der Waals surface area contributed by atoms with Crippen molar-refractivity contribution < 1.29 is 4.79 Å². The first-order valence-electron chi connectivity index (χ1n) is 6.66. The summed E-state index contributed by atoms with van der Waals surface area (Å²) >= 11 is 0. The van der Waals surface area contributed by atoms with Crippen molar-refractivity contribution in [3.8, 4) is 0 Å².